The predicted octanol–water partition coefficient (Wildman–Crippen LogP) is 5.00. The van der Waals surface area contributed by atoms with E-state index in [-0.39, 0.29) is 18.5 Å². The van der Waals surface area contributed by atoms with Crippen LogP contribution in [0.25, 0.3) is 11.5 Å². The molecule has 6 nitrogen and oxygen atoms in total. The van der Waals surface area contributed by atoms with E-state index in [0.29, 0.717) is 33.1 Å². The maximum atomic E-state index is 13.0. The van der Waals surface area contributed by atoms with Gasteiger partial charge in [-0.25, -0.2) is 0 Å². The first-order valence-corrected chi connectivity index (χ1v) is 10.1. The number of rotatable bonds is 7. The summed E-state index contributed by atoms with van der Waals surface area (Å²) in [4.78, 5) is 14.7. The van der Waals surface area contributed by atoms with Crippen LogP contribution in [0, 0.1) is 0 Å². The molecule has 1 saturated carbocycles. The number of carbonyl (C=O) groups excluding carboxylic acids is 1. The lowest BCUT2D eigenvalue weighted by atomic mass is 10.2. The third kappa shape index (κ3) is 4.71. The van der Waals surface area contributed by atoms with Gasteiger partial charge in [-0.1, -0.05) is 35.3 Å². The average Bonchev–Trinajstić information content (AvgIpc) is 3.46. The molecule has 1 aliphatic rings. The smallest absolute Gasteiger partial charge is 0.264 e. The summed E-state index contributed by atoms with van der Waals surface area (Å²) >= 11 is 12.1. The summed E-state index contributed by atoms with van der Waals surface area (Å²) in [5.41, 5.74) is 0.664. The molecule has 0 spiro atoms. The van der Waals surface area contributed by atoms with E-state index < -0.39 is 6.10 Å². The fourth-order valence-corrected chi connectivity index (χ4v) is 3.32. The summed E-state index contributed by atoms with van der Waals surface area (Å²) in [6, 6.07) is 14.3. The van der Waals surface area contributed by atoms with E-state index in [4.69, 9.17) is 32.4 Å². The molecule has 1 aliphatic carbocycles. The fourth-order valence-electron chi connectivity index (χ4n) is 2.98. The van der Waals surface area contributed by atoms with E-state index in [1.807, 2.05) is 18.2 Å². The Morgan fingerprint density at radius 2 is 1.90 bits per heavy atom. The van der Waals surface area contributed by atoms with Gasteiger partial charge in [-0.15, -0.1) is 10.2 Å². The molecule has 1 fully saturated rings. The molecule has 0 N–H and O–H groups in total. The predicted molar refractivity (Wildman–Crippen MR) is 110 cm³/mol. The monoisotopic (exact) mass is 431 g/mol. The minimum absolute atomic E-state index is 0.125. The van der Waals surface area contributed by atoms with Crippen LogP contribution in [0.1, 0.15) is 25.7 Å². The van der Waals surface area contributed by atoms with E-state index in [1.54, 1.807) is 42.2 Å². The lowest BCUT2D eigenvalue weighted by Crippen LogP contribution is -2.41. The molecule has 1 unspecified atom stereocenters. The zero-order chi connectivity index (χ0) is 20.4. The number of hydrogen-bond acceptors (Lipinski definition) is 5. The van der Waals surface area contributed by atoms with Gasteiger partial charge in [0.2, 0.25) is 11.8 Å². The van der Waals surface area contributed by atoms with Gasteiger partial charge >= 0.3 is 0 Å². The summed E-state index contributed by atoms with van der Waals surface area (Å²) in [5, 5.41) is 9.31. The van der Waals surface area contributed by atoms with Gasteiger partial charge in [0, 0.05) is 11.1 Å². The highest BCUT2D eigenvalue weighted by Crippen LogP contribution is 2.31. The Bertz CT molecular complexity index is 1000. The molecule has 1 aromatic heterocycles. The van der Waals surface area contributed by atoms with Gasteiger partial charge in [0.1, 0.15) is 5.75 Å². The number of benzene rings is 2. The van der Waals surface area contributed by atoms with Crippen molar-refractivity contribution in [2.45, 2.75) is 38.5 Å². The molecule has 3 aromatic rings. The van der Waals surface area contributed by atoms with Crippen LogP contribution < -0.4 is 4.74 Å². The number of nitrogens with zero attached hydrogens (tertiary/aromatic N) is 3. The number of carbonyl (C=O) groups is 1. The molecule has 4 rings (SSSR count). The summed E-state index contributed by atoms with van der Waals surface area (Å²) in [6.07, 6.45) is 1.25. The van der Waals surface area contributed by atoms with E-state index in [1.165, 1.54) is 0 Å². The Labute approximate surface area is 178 Å². The van der Waals surface area contributed by atoms with E-state index in [9.17, 15) is 4.79 Å². The molecule has 29 heavy (non-hydrogen) atoms. The van der Waals surface area contributed by atoms with Crippen molar-refractivity contribution >= 4 is 29.1 Å². The molecule has 0 bridgehead atoms. The van der Waals surface area contributed by atoms with Crippen LogP contribution in [0.4, 0.5) is 0 Å². The maximum Gasteiger partial charge on any atom is 0.264 e. The van der Waals surface area contributed by atoms with Crippen molar-refractivity contribution in [2.24, 2.45) is 0 Å². The van der Waals surface area contributed by atoms with Crippen LogP contribution in [0.2, 0.25) is 10.0 Å². The molecule has 2 aromatic carbocycles. The molecular formula is C21H19Cl2N3O3. The van der Waals surface area contributed by atoms with Crippen LogP contribution in [0.5, 0.6) is 5.75 Å². The largest absolute Gasteiger partial charge is 0.481 e. The highest BCUT2D eigenvalue weighted by atomic mass is 35.5. The van der Waals surface area contributed by atoms with Crippen LogP contribution in [0.15, 0.2) is 52.9 Å². The SMILES string of the molecule is CC(Oc1ccc(Cl)cc1)C(=O)N(Cc1nnc(-c2ccccc2Cl)o1)C1CC1. The van der Waals surface area contributed by atoms with Gasteiger partial charge in [0.25, 0.3) is 5.91 Å². The second-order valence-electron chi connectivity index (χ2n) is 6.89. The first-order chi connectivity index (χ1) is 14.0. The minimum Gasteiger partial charge on any atom is -0.481 e. The topological polar surface area (TPSA) is 68.5 Å². The Morgan fingerprint density at radius 3 is 2.59 bits per heavy atom. The van der Waals surface area contributed by atoms with Crippen molar-refractivity contribution in [3.05, 3.63) is 64.5 Å². The first kappa shape index (κ1) is 19.7. The van der Waals surface area contributed by atoms with E-state index >= 15 is 0 Å². The molecule has 1 atom stereocenters. The Hall–Kier alpha value is -2.57. The third-order valence-electron chi connectivity index (χ3n) is 4.62. The van der Waals surface area contributed by atoms with Gasteiger partial charge in [-0.2, -0.15) is 0 Å². The summed E-state index contributed by atoms with van der Waals surface area (Å²) in [6.45, 7) is 1.96. The van der Waals surface area contributed by atoms with E-state index in [0.717, 1.165) is 12.8 Å². The maximum absolute atomic E-state index is 13.0. The molecule has 0 radical (unpaired) electrons. The Kier molecular flexibility index (Phi) is 5.74. The van der Waals surface area contributed by atoms with Crippen molar-refractivity contribution in [2.75, 3.05) is 0 Å². The number of ether oxygens (including phenoxy) is 1. The average molecular weight is 432 g/mol. The summed E-state index contributed by atoms with van der Waals surface area (Å²) in [7, 11) is 0. The Balaban J connectivity index is 1.46. The lowest BCUT2D eigenvalue weighted by Gasteiger charge is -2.24. The number of halogens is 2. The zero-order valence-corrected chi connectivity index (χ0v) is 17.2. The highest BCUT2D eigenvalue weighted by molar-refractivity contribution is 6.33. The molecule has 1 amide bonds. The van der Waals surface area contributed by atoms with Gasteiger partial charge in [-0.05, 0) is 56.2 Å². The second-order valence-corrected chi connectivity index (χ2v) is 7.74. The number of hydrogen-bond donors (Lipinski definition) is 0. The van der Waals surface area contributed by atoms with Crippen molar-refractivity contribution in [1.82, 2.24) is 15.1 Å². The zero-order valence-electron chi connectivity index (χ0n) is 15.7. The quantitative estimate of drug-likeness (QED) is 0.526. The lowest BCUT2D eigenvalue weighted by molar-refractivity contribution is -0.139. The van der Waals surface area contributed by atoms with Crippen molar-refractivity contribution in [3.8, 4) is 17.2 Å². The molecule has 0 saturated heterocycles. The molecule has 8 heteroatoms. The van der Waals surface area contributed by atoms with Gasteiger partial charge in [0.05, 0.1) is 17.1 Å². The van der Waals surface area contributed by atoms with Gasteiger partial charge in [-0.3, -0.25) is 4.79 Å². The number of aromatic nitrogens is 2. The Morgan fingerprint density at radius 1 is 1.17 bits per heavy atom. The van der Waals surface area contributed by atoms with Gasteiger partial charge in [0.15, 0.2) is 6.10 Å². The number of amides is 1. The summed E-state index contributed by atoms with van der Waals surface area (Å²) < 4.78 is 11.5. The van der Waals surface area contributed by atoms with Crippen LogP contribution in [-0.2, 0) is 11.3 Å². The molecular weight excluding hydrogens is 413 g/mol. The molecule has 150 valence electrons. The van der Waals surface area contributed by atoms with Crippen LogP contribution in [-0.4, -0.2) is 33.2 Å². The van der Waals surface area contributed by atoms with Crippen LogP contribution in [0.3, 0.4) is 0 Å². The van der Waals surface area contributed by atoms with Gasteiger partial charge < -0.3 is 14.1 Å². The normalized spacial score (nSPS) is 14.4. The van der Waals surface area contributed by atoms with Crippen LogP contribution >= 0.6 is 23.2 Å². The standard InChI is InChI=1S/C21H19Cl2N3O3/c1-13(28-16-10-6-14(22)7-11-16)21(27)26(15-8-9-15)12-19-24-25-20(29-19)17-4-2-3-5-18(17)23/h2-7,10-11,13,15H,8-9,12H2,1H3. The second kappa shape index (κ2) is 8.43. The molecule has 1 heterocycles. The fraction of sp³-hybridized carbons (Fsp3) is 0.286. The first-order valence-electron chi connectivity index (χ1n) is 9.31. The van der Waals surface area contributed by atoms with Crippen molar-refractivity contribution < 1.29 is 13.9 Å². The van der Waals surface area contributed by atoms with Crippen molar-refractivity contribution in [3.63, 3.8) is 0 Å². The van der Waals surface area contributed by atoms with E-state index in [2.05, 4.69) is 10.2 Å². The van der Waals surface area contributed by atoms with Crippen molar-refractivity contribution in [1.29, 1.82) is 0 Å². The minimum atomic E-state index is -0.650. The third-order valence-corrected chi connectivity index (χ3v) is 5.20. The highest BCUT2D eigenvalue weighted by Gasteiger charge is 2.36. The molecule has 0 aliphatic heterocycles. The summed E-state index contributed by atoms with van der Waals surface area (Å²) in [5.74, 6) is 1.16.